The van der Waals surface area contributed by atoms with E-state index in [1.165, 1.54) is 5.39 Å². The topological polar surface area (TPSA) is 55.7 Å². The zero-order valence-corrected chi connectivity index (χ0v) is 14.4. The van der Waals surface area contributed by atoms with Crippen LogP contribution >= 0.6 is 12.4 Å². The fourth-order valence-electron chi connectivity index (χ4n) is 2.97. The SMILES string of the molecule is CC(C)N=C(N)c1ccc2c(c1)nc1ccc3ccccc3n12.Cl. The average Bonchev–Trinajstić information content (AvgIpc) is 2.92. The molecular weight excluding hydrogens is 320 g/mol. The summed E-state index contributed by atoms with van der Waals surface area (Å²) in [4.78, 5) is 9.16. The quantitative estimate of drug-likeness (QED) is 0.440. The number of rotatable bonds is 2. The third kappa shape index (κ3) is 2.59. The molecule has 0 bridgehead atoms. The minimum atomic E-state index is 0. The van der Waals surface area contributed by atoms with Gasteiger partial charge in [0.05, 0.1) is 16.6 Å². The molecule has 122 valence electrons. The van der Waals surface area contributed by atoms with Gasteiger partial charge in [0.2, 0.25) is 0 Å². The monoisotopic (exact) mass is 338 g/mol. The van der Waals surface area contributed by atoms with Gasteiger partial charge in [0.1, 0.15) is 11.5 Å². The van der Waals surface area contributed by atoms with Gasteiger partial charge in [0, 0.05) is 11.6 Å². The molecule has 0 radical (unpaired) electrons. The normalized spacial score (nSPS) is 12.2. The van der Waals surface area contributed by atoms with Crippen LogP contribution < -0.4 is 5.73 Å². The fourth-order valence-corrected chi connectivity index (χ4v) is 2.97. The molecule has 24 heavy (non-hydrogen) atoms. The molecule has 0 saturated carbocycles. The van der Waals surface area contributed by atoms with Crippen LogP contribution in [0.25, 0.3) is 27.6 Å². The summed E-state index contributed by atoms with van der Waals surface area (Å²) in [5.74, 6) is 0.559. The molecule has 4 aromatic rings. The van der Waals surface area contributed by atoms with Crippen molar-refractivity contribution in [3.63, 3.8) is 0 Å². The summed E-state index contributed by atoms with van der Waals surface area (Å²) in [6.45, 7) is 4.03. The van der Waals surface area contributed by atoms with Crippen molar-refractivity contribution in [2.24, 2.45) is 10.7 Å². The Morgan fingerprint density at radius 1 is 1.04 bits per heavy atom. The maximum atomic E-state index is 6.09. The van der Waals surface area contributed by atoms with Crippen molar-refractivity contribution in [1.29, 1.82) is 0 Å². The zero-order chi connectivity index (χ0) is 16.0. The van der Waals surface area contributed by atoms with Gasteiger partial charge in [-0.1, -0.05) is 18.2 Å². The lowest BCUT2D eigenvalue weighted by Crippen LogP contribution is -2.15. The van der Waals surface area contributed by atoms with Crippen LogP contribution in [0.2, 0.25) is 0 Å². The van der Waals surface area contributed by atoms with Crippen molar-refractivity contribution in [2.75, 3.05) is 0 Å². The number of imidazole rings is 1. The second-order valence-electron chi connectivity index (χ2n) is 6.01. The van der Waals surface area contributed by atoms with Crippen LogP contribution in [0.3, 0.4) is 0 Å². The van der Waals surface area contributed by atoms with E-state index in [4.69, 9.17) is 10.7 Å². The predicted molar refractivity (Wildman–Crippen MR) is 103 cm³/mol. The van der Waals surface area contributed by atoms with Gasteiger partial charge in [0.25, 0.3) is 0 Å². The number of hydrogen-bond donors (Lipinski definition) is 1. The number of nitrogens with two attached hydrogens (primary N) is 1. The molecule has 0 spiro atoms. The molecule has 0 aliphatic carbocycles. The van der Waals surface area contributed by atoms with Gasteiger partial charge in [0.15, 0.2) is 0 Å². The molecule has 2 aromatic carbocycles. The number of fused-ring (bicyclic) bond motifs is 5. The summed E-state index contributed by atoms with van der Waals surface area (Å²) >= 11 is 0. The maximum Gasteiger partial charge on any atom is 0.138 e. The van der Waals surface area contributed by atoms with E-state index in [0.29, 0.717) is 5.84 Å². The first kappa shape index (κ1) is 16.3. The Labute approximate surface area is 146 Å². The van der Waals surface area contributed by atoms with Crippen LogP contribution in [0.4, 0.5) is 0 Å². The summed E-state index contributed by atoms with van der Waals surface area (Å²) in [6, 6.07) is 18.8. The lowest BCUT2D eigenvalue weighted by Gasteiger charge is -2.05. The highest BCUT2D eigenvalue weighted by atomic mass is 35.5. The molecule has 0 unspecified atom stereocenters. The van der Waals surface area contributed by atoms with E-state index in [1.54, 1.807) is 0 Å². The lowest BCUT2D eigenvalue weighted by molar-refractivity contribution is 0.834. The van der Waals surface area contributed by atoms with E-state index >= 15 is 0 Å². The molecule has 0 amide bonds. The molecule has 2 aromatic heterocycles. The van der Waals surface area contributed by atoms with E-state index < -0.39 is 0 Å². The molecule has 0 fully saturated rings. The molecule has 0 saturated heterocycles. The number of benzene rings is 2. The third-order valence-electron chi connectivity index (χ3n) is 3.96. The van der Waals surface area contributed by atoms with Gasteiger partial charge in [-0.05, 0) is 55.6 Å². The Kier molecular flexibility index (Phi) is 4.16. The lowest BCUT2D eigenvalue weighted by atomic mass is 10.1. The molecule has 0 atom stereocenters. The first-order valence-corrected chi connectivity index (χ1v) is 7.77. The van der Waals surface area contributed by atoms with Crippen LogP contribution in [0.5, 0.6) is 0 Å². The second-order valence-corrected chi connectivity index (χ2v) is 6.01. The number of halogens is 1. The van der Waals surface area contributed by atoms with Crippen molar-refractivity contribution in [1.82, 2.24) is 9.38 Å². The second kappa shape index (κ2) is 6.13. The van der Waals surface area contributed by atoms with Gasteiger partial charge in [-0.15, -0.1) is 12.4 Å². The number of amidine groups is 1. The molecule has 4 rings (SSSR count). The highest BCUT2D eigenvalue weighted by molar-refractivity contribution is 6.01. The number of aliphatic imine (C=N–C) groups is 1. The first-order valence-electron chi connectivity index (χ1n) is 7.77. The summed E-state index contributed by atoms with van der Waals surface area (Å²) < 4.78 is 2.18. The third-order valence-corrected chi connectivity index (χ3v) is 3.96. The number of para-hydroxylation sites is 1. The molecule has 0 aliphatic rings. The van der Waals surface area contributed by atoms with Crippen molar-refractivity contribution >= 4 is 45.8 Å². The molecular formula is C19H19ClN4. The van der Waals surface area contributed by atoms with Crippen molar-refractivity contribution < 1.29 is 0 Å². The Hall–Kier alpha value is -2.59. The Morgan fingerprint density at radius 3 is 2.62 bits per heavy atom. The number of aromatic nitrogens is 2. The summed E-state index contributed by atoms with van der Waals surface area (Å²) in [5.41, 5.74) is 11.1. The van der Waals surface area contributed by atoms with Gasteiger partial charge in [-0.2, -0.15) is 0 Å². The summed E-state index contributed by atoms with van der Waals surface area (Å²) in [7, 11) is 0. The van der Waals surface area contributed by atoms with Crippen molar-refractivity contribution in [3.05, 3.63) is 60.2 Å². The van der Waals surface area contributed by atoms with Crippen LogP contribution in [0.15, 0.2) is 59.6 Å². The van der Waals surface area contributed by atoms with Crippen LogP contribution in [-0.2, 0) is 0 Å². The highest BCUT2D eigenvalue weighted by Gasteiger charge is 2.09. The van der Waals surface area contributed by atoms with Gasteiger partial charge in [-0.3, -0.25) is 9.39 Å². The van der Waals surface area contributed by atoms with E-state index in [-0.39, 0.29) is 18.4 Å². The highest BCUT2D eigenvalue weighted by Crippen LogP contribution is 2.24. The average molecular weight is 339 g/mol. The molecule has 2 N–H and O–H groups in total. The Bertz CT molecular complexity index is 1060. The van der Waals surface area contributed by atoms with Crippen LogP contribution in [0, 0.1) is 0 Å². The van der Waals surface area contributed by atoms with E-state index in [9.17, 15) is 0 Å². The zero-order valence-electron chi connectivity index (χ0n) is 13.6. The van der Waals surface area contributed by atoms with E-state index in [1.807, 2.05) is 32.0 Å². The largest absolute Gasteiger partial charge is 0.383 e. The fraction of sp³-hybridized carbons (Fsp3) is 0.158. The van der Waals surface area contributed by atoms with Crippen LogP contribution in [-0.4, -0.2) is 21.3 Å². The number of hydrogen-bond acceptors (Lipinski definition) is 2. The minimum absolute atomic E-state index is 0. The van der Waals surface area contributed by atoms with Gasteiger partial charge in [-0.25, -0.2) is 4.98 Å². The summed E-state index contributed by atoms with van der Waals surface area (Å²) in [5, 5.41) is 1.20. The molecule has 0 aliphatic heterocycles. The number of pyridine rings is 1. The van der Waals surface area contributed by atoms with Crippen LogP contribution in [0.1, 0.15) is 19.4 Å². The smallest absolute Gasteiger partial charge is 0.138 e. The maximum absolute atomic E-state index is 6.09. The number of nitrogens with zero attached hydrogens (tertiary/aromatic N) is 3. The Balaban J connectivity index is 0.00000169. The van der Waals surface area contributed by atoms with Gasteiger partial charge < -0.3 is 5.73 Å². The standard InChI is InChI=1S/C19H18N4.ClH/c1-12(2)21-19(20)14-7-9-17-15(11-14)22-18-10-8-13-5-3-4-6-16(13)23(17)18;/h3-12H,1-2H3,(H2,20,21);1H. The van der Waals surface area contributed by atoms with Crippen molar-refractivity contribution in [3.8, 4) is 0 Å². The minimum Gasteiger partial charge on any atom is -0.383 e. The van der Waals surface area contributed by atoms with E-state index in [0.717, 1.165) is 27.8 Å². The van der Waals surface area contributed by atoms with Crippen molar-refractivity contribution in [2.45, 2.75) is 19.9 Å². The summed E-state index contributed by atoms with van der Waals surface area (Å²) in [6.07, 6.45) is 0. The first-order chi connectivity index (χ1) is 11.1. The Morgan fingerprint density at radius 2 is 1.83 bits per heavy atom. The predicted octanol–water partition coefficient (Wildman–Crippen LogP) is 4.18. The molecule has 4 nitrogen and oxygen atoms in total. The molecule has 5 heteroatoms. The van der Waals surface area contributed by atoms with Gasteiger partial charge >= 0.3 is 0 Å². The van der Waals surface area contributed by atoms with E-state index in [2.05, 4.69) is 45.8 Å². The molecule has 2 heterocycles.